The Balaban J connectivity index is 1.65. The van der Waals surface area contributed by atoms with Crippen molar-refractivity contribution in [1.82, 2.24) is 10.2 Å². The molecule has 1 aliphatic heterocycles. The van der Waals surface area contributed by atoms with Crippen LogP contribution in [-0.4, -0.2) is 30.4 Å². The lowest BCUT2D eigenvalue weighted by molar-refractivity contribution is -0.123. The van der Waals surface area contributed by atoms with Crippen LogP contribution in [0.15, 0.2) is 47.8 Å². The number of hydrogen-bond donors (Lipinski definition) is 1. The summed E-state index contributed by atoms with van der Waals surface area (Å²) in [5.41, 5.74) is 1.13. The fourth-order valence-electron chi connectivity index (χ4n) is 3.05. The van der Waals surface area contributed by atoms with Crippen LogP contribution >= 0.6 is 11.3 Å². The molecule has 1 aromatic carbocycles. The number of rotatable bonds is 5. The molecule has 1 aliphatic rings. The lowest BCUT2D eigenvalue weighted by Crippen LogP contribution is -2.42. The predicted octanol–water partition coefficient (Wildman–Crippen LogP) is 3.69. The summed E-state index contributed by atoms with van der Waals surface area (Å²) in [7, 11) is 0. The number of thiophene rings is 1. The molecule has 1 amide bonds. The number of likely N-dealkylation sites (tertiary alicyclic amines) is 1. The Morgan fingerprint density at radius 1 is 1.22 bits per heavy atom. The zero-order valence-corrected chi connectivity index (χ0v) is 14.4. The van der Waals surface area contributed by atoms with Gasteiger partial charge in [-0.2, -0.15) is 0 Å². The van der Waals surface area contributed by atoms with Gasteiger partial charge in [-0.15, -0.1) is 11.3 Å². The second kappa shape index (κ2) is 7.75. The van der Waals surface area contributed by atoms with Crippen LogP contribution in [0, 0.1) is 5.92 Å². The maximum absolute atomic E-state index is 12.5. The summed E-state index contributed by atoms with van der Waals surface area (Å²) >= 11 is 1.69. The zero-order valence-electron chi connectivity index (χ0n) is 13.6. The van der Waals surface area contributed by atoms with Gasteiger partial charge in [-0.3, -0.25) is 9.69 Å². The molecule has 1 atom stereocenters. The van der Waals surface area contributed by atoms with Gasteiger partial charge in [0.2, 0.25) is 5.91 Å². The number of amides is 1. The molecule has 1 saturated heterocycles. The molecule has 0 saturated carbocycles. The van der Waals surface area contributed by atoms with Gasteiger partial charge in [-0.05, 0) is 48.9 Å². The van der Waals surface area contributed by atoms with Crippen LogP contribution < -0.4 is 5.32 Å². The summed E-state index contributed by atoms with van der Waals surface area (Å²) in [5, 5.41) is 5.28. The number of benzene rings is 1. The molecule has 122 valence electrons. The second-order valence-electron chi connectivity index (χ2n) is 6.39. The number of hydrogen-bond acceptors (Lipinski definition) is 3. The molecular weight excluding hydrogens is 304 g/mol. The zero-order chi connectivity index (χ0) is 16.1. The van der Waals surface area contributed by atoms with Crippen molar-refractivity contribution < 1.29 is 4.79 Å². The van der Waals surface area contributed by atoms with Crippen molar-refractivity contribution in [3.05, 3.63) is 58.3 Å². The first kappa shape index (κ1) is 16.2. The predicted molar refractivity (Wildman–Crippen MR) is 95.6 cm³/mol. The van der Waals surface area contributed by atoms with Crippen molar-refractivity contribution in [2.24, 2.45) is 5.92 Å². The van der Waals surface area contributed by atoms with Crippen molar-refractivity contribution in [3.8, 4) is 0 Å². The minimum absolute atomic E-state index is 0.0487. The van der Waals surface area contributed by atoms with Gasteiger partial charge in [0.25, 0.3) is 0 Å². The van der Waals surface area contributed by atoms with Gasteiger partial charge in [-0.25, -0.2) is 0 Å². The molecule has 0 radical (unpaired) electrons. The minimum atomic E-state index is -0.0487. The SMILES string of the molecule is CC1CCN(CC(=O)N[C@@H](c2ccccc2)c2cccs2)CC1. The Bertz CT molecular complexity index is 604. The standard InChI is InChI=1S/C19H24N2OS/c1-15-9-11-21(12-10-15)14-18(22)20-19(17-8-5-13-23-17)16-6-3-2-4-7-16/h2-8,13,15,19H,9-12,14H2,1H3,(H,20,22)/t19-/m0/s1. The normalized spacial score (nSPS) is 17.8. The second-order valence-corrected chi connectivity index (χ2v) is 7.36. The maximum Gasteiger partial charge on any atom is 0.234 e. The van der Waals surface area contributed by atoms with Crippen LogP contribution in [0.1, 0.15) is 36.2 Å². The van der Waals surface area contributed by atoms with Gasteiger partial charge in [0, 0.05) is 4.88 Å². The summed E-state index contributed by atoms with van der Waals surface area (Å²) in [4.78, 5) is 16.0. The largest absolute Gasteiger partial charge is 0.343 e. The van der Waals surface area contributed by atoms with Gasteiger partial charge < -0.3 is 5.32 Å². The highest BCUT2D eigenvalue weighted by molar-refractivity contribution is 7.10. The molecular formula is C19H24N2OS. The summed E-state index contributed by atoms with van der Waals surface area (Å²) in [5.74, 6) is 0.902. The van der Waals surface area contributed by atoms with Crippen molar-refractivity contribution >= 4 is 17.2 Å². The lowest BCUT2D eigenvalue weighted by atomic mass is 9.99. The third-order valence-electron chi connectivity index (χ3n) is 4.51. The Kier molecular flexibility index (Phi) is 5.47. The summed E-state index contributed by atoms with van der Waals surface area (Å²) in [6.45, 7) is 4.86. The molecule has 1 aromatic heterocycles. The quantitative estimate of drug-likeness (QED) is 0.908. The van der Waals surface area contributed by atoms with Gasteiger partial charge in [-0.1, -0.05) is 43.3 Å². The van der Waals surface area contributed by atoms with Crippen LogP contribution in [-0.2, 0) is 4.79 Å². The van der Waals surface area contributed by atoms with Crippen LogP contribution in [0.2, 0.25) is 0 Å². The highest BCUT2D eigenvalue weighted by atomic mass is 32.1. The summed E-state index contributed by atoms with van der Waals surface area (Å²) in [6.07, 6.45) is 2.39. The Labute approximate surface area is 142 Å². The molecule has 0 spiro atoms. The molecule has 0 bridgehead atoms. The van der Waals surface area contributed by atoms with E-state index in [0.29, 0.717) is 6.54 Å². The number of carbonyl (C=O) groups excluding carboxylic acids is 1. The number of nitrogens with zero attached hydrogens (tertiary/aromatic N) is 1. The van der Waals surface area contributed by atoms with E-state index >= 15 is 0 Å². The average molecular weight is 328 g/mol. The Hall–Kier alpha value is -1.65. The molecule has 0 aliphatic carbocycles. The summed E-state index contributed by atoms with van der Waals surface area (Å²) < 4.78 is 0. The first-order valence-electron chi connectivity index (χ1n) is 8.32. The van der Waals surface area contributed by atoms with Crippen molar-refractivity contribution in [3.63, 3.8) is 0 Å². The van der Waals surface area contributed by atoms with Crippen molar-refractivity contribution in [2.75, 3.05) is 19.6 Å². The fourth-order valence-corrected chi connectivity index (χ4v) is 3.85. The van der Waals surface area contributed by atoms with Gasteiger partial charge in [0.05, 0.1) is 12.6 Å². The van der Waals surface area contributed by atoms with E-state index in [1.807, 2.05) is 24.3 Å². The fraction of sp³-hybridized carbons (Fsp3) is 0.421. The molecule has 4 heteroatoms. The molecule has 2 heterocycles. The lowest BCUT2D eigenvalue weighted by Gasteiger charge is -2.30. The first-order valence-corrected chi connectivity index (χ1v) is 9.20. The number of piperidine rings is 1. The van der Waals surface area contributed by atoms with Crippen molar-refractivity contribution in [1.29, 1.82) is 0 Å². The molecule has 3 nitrogen and oxygen atoms in total. The highest BCUT2D eigenvalue weighted by Crippen LogP contribution is 2.26. The van der Waals surface area contributed by atoms with Gasteiger partial charge in [0.15, 0.2) is 0 Å². The Morgan fingerprint density at radius 2 is 1.96 bits per heavy atom. The molecule has 3 rings (SSSR count). The molecule has 23 heavy (non-hydrogen) atoms. The van der Waals surface area contributed by atoms with Crippen LogP contribution in [0.4, 0.5) is 0 Å². The van der Waals surface area contributed by atoms with E-state index in [-0.39, 0.29) is 11.9 Å². The molecule has 0 unspecified atom stereocenters. The maximum atomic E-state index is 12.5. The van der Waals surface area contributed by atoms with E-state index in [9.17, 15) is 4.79 Å². The minimum Gasteiger partial charge on any atom is -0.343 e. The van der Waals surface area contributed by atoms with Crippen LogP contribution in [0.25, 0.3) is 0 Å². The summed E-state index contributed by atoms with van der Waals surface area (Å²) in [6, 6.07) is 14.3. The third-order valence-corrected chi connectivity index (χ3v) is 5.45. The van der Waals surface area contributed by atoms with Crippen LogP contribution in [0.3, 0.4) is 0 Å². The Morgan fingerprint density at radius 3 is 2.61 bits per heavy atom. The first-order chi connectivity index (χ1) is 11.2. The van der Waals surface area contributed by atoms with E-state index < -0.39 is 0 Å². The molecule has 1 N–H and O–H groups in total. The van der Waals surface area contributed by atoms with Crippen molar-refractivity contribution in [2.45, 2.75) is 25.8 Å². The smallest absolute Gasteiger partial charge is 0.234 e. The van der Waals surface area contributed by atoms with E-state index in [0.717, 1.165) is 24.6 Å². The monoisotopic (exact) mass is 328 g/mol. The number of nitrogens with one attached hydrogen (secondary N) is 1. The van der Waals surface area contributed by atoms with Gasteiger partial charge in [0.1, 0.15) is 0 Å². The van der Waals surface area contributed by atoms with Crippen LogP contribution in [0.5, 0.6) is 0 Å². The van der Waals surface area contributed by atoms with E-state index in [1.165, 1.54) is 17.7 Å². The van der Waals surface area contributed by atoms with E-state index in [4.69, 9.17) is 0 Å². The molecule has 2 aromatic rings. The topological polar surface area (TPSA) is 32.3 Å². The third kappa shape index (κ3) is 4.43. The highest BCUT2D eigenvalue weighted by Gasteiger charge is 2.21. The average Bonchev–Trinajstić information content (AvgIpc) is 3.10. The molecule has 1 fully saturated rings. The number of carbonyl (C=O) groups is 1. The van der Waals surface area contributed by atoms with Gasteiger partial charge >= 0.3 is 0 Å². The van der Waals surface area contributed by atoms with E-state index in [1.54, 1.807) is 11.3 Å². The van der Waals surface area contributed by atoms with E-state index in [2.05, 4.69) is 40.7 Å².